The maximum absolute atomic E-state index is 12.2. The van der Waals surface area contributed by atoms with Crippen LogP contribution in [0.25, 0.3) is 0 Å². The number of para-hydroxylation sites is 2. The fourth-order valence-corrected chi connectivity index (χ4v) is 3.63. The van der Waals surface area contributed by atoms with Crippen LogP contribution in [0, 0.1) is 13.8 Å². The van der Waals surface area contributed by atoms with Crippen molar-refractivity contribution in [3.63, 3.8) is 0 Å². The molecule has 1 aliphatic heterocycles. The average molecular weight is 388 g/mol. The largest absolute Gasteiger partial charge is 0.485 e. The van der Waals surface area contributed by atoms with Gasteiger partial charge in [-0.1, -0.05) is 12.1 Å². The fourth-order valence-electron chi connectivity index (χ4n) is 2.69. The summed E-state index contributed by atoms with van der Waals surface area (Å²) in [6, 6.07) is 8.87. The molecule has 1 aromatic heterocycles. The number of Topliss-reactive ketones (excluding diaryl/α,β-unsaturated/α-hetero) is 1. The second kappa shape index (κ2) is 8.22. The minimum atomic E-state index is -0.863. The highest BCUT2D eigenvalue weighted by Gasteiger charge is 2.27. The molecule has 8 heteroatoms. The average Bonchev–Trinajstić information content (AvgIpc) is 3.01. The van der Waals surface area contributed by atoms with Crippen LogP contribution in [0.3, 0.4) is 0 Å². The third kappa shape index (κ3) is 4.65. The molecule has 2 aromatic rings. The monoisotopic (exact) mass is 388 g/mol. The highest BCUT2D eigenvalue weighted by Crippen LogP contribution is 2.30. The van der Waals surface area contributed by atoms with Crippen molar-refractivity contribution in [2.45, 2.75) is 32.8 Å². The van der Waals surface area contributed by atoms with Gasteiger partial charge in [-0.3, -0.25) is 25.2 Å². The van der Waals surface area contributed by atoms with Crippen molar-refractivity contribution in [3.8, 4) is 11.5 Å². The number of hydrazine groups is 1. The molecule has 2 amide bonds. The van der Waals surface area contributed by atoms with Crippen LogP contribution in [0.1, 0.15) is 33.0 Å². The van der Waals surface area contributed by atoms with Gasteiger partial charge in [0.25, 0.3) is 5.91 Å². The number of ketones is 1. The number of carbonyl (C=O) groups excluding carboxylic acids is 3. The van der Waals surface area contributed by atoms with Crippen molar-refractivity contribution in [3.05, 3.63) is 45.6 Å². The van der Waals surface area contributed by atoms with Crippen LogP contribution in [0.4, 0.5) is 0 Å². The summed E-state index contributed by atoms with van der Waals surface area (Å²) < 4.78 is 11.0. The molecular weight excluding hydrogens is 368 g/mol. The number of nitrogens with one attached hydrogen (secondary N) is 2. The molecule has 7 nitrogen and oxygen atoms in total. The second-order valence-electron chi connectivity index (χ2n) is 6.15. The lowest BCUT2D eigenvalue weighted by atomic mass is 10.1. The Bertz CT molecular complexity index is 877. The first-order valence-corrected chi connectivity index (χ1v) is 9.33. The van der Waals surface area contributed by atoms with Gasteiger partial charge in [-0.15, -0.1) is 11.3 Å². The zero-order valence-corrected chi connectivity index (χ0v) is 15.9. The summed E-state index contributed by atoms with van der Waals surface area (Å²) in [5.74, 6) is -0.00355. The Kier molecular flexibility index (Phi) is 5.75. The Hall–Kier alpha value is -2.87. The first-order chi connectivity index (χ1) is 12.9. The molecule has 2 N–H and O–H groups in total. The maximum Gasteiger partial charge on any atom is 0.283 e. The lowest BCUT2D eigenvalue weighted by Crippen LogP contribution is -2.50. The van der Waals surface area contributed by atoms with E-state index < -0.39 is 17.9 Å². The normalized spacial score (nSPS) is 15.1. The minimum Gasteiger partial charge on any atom is -0.485 e. The van der Waals surface area contributed by atoms with Gasteiger partial charge in [0.05, 0.1) is 0 Å². The molecule has 0 unspecified atom stereocenters. The molecule has 1 atom stereocenters. The maximum atomic E-state index is 12.2. The first-order valence-electron chi connectivity index (χ1n) is 8.51. The molecule has 0 spiro atoms. The summed E-state index contributed by atoms with van der Waals surface area (Å²) in [6.45, 7) is 3.87. The number of hydrogen-bond donors (Lipinski definition) is 2. The van der Waals surface area contributed by atoms with Gasteiger partial charge >= 0.3 is 0 Å². The first kappa shape index (κ1) is 18.9. The lowest BCUT2D eigenvalue weighted by Gasteiger charge is -2.25. The SMILES string of the molecule is Cc1cc(C(=O)CCC(=O)NNC(=O)[C@@H]2COc3ccccc3O2)c(C)s1. The highest BCUT2D eigenvalue weighted by molar-refractivity contribution is 7.12. The van der Waals surface area contributed by atoms with Gasteiger partial charge in [-0.05, 0) is 32.0 Å². The van der Waals surface area contributed by atoms with E-state index in [0.717, 1.165) is 9.75 Å². The van der Waals surface area contributed by atoms with E-state index >= 15 is 0 Å². The Morgan fingerprint density at radius 2 is 1.85 bits per heavy atom. The number of aryl methyl sites for hydroxylation is 2. The van der Waals surface area contributed by atoms with Crippen LogP contribution in [-0.4, -0.2) is 30.3 Å². The summed E-state index contributed by atoms with van der Waals surface area (Å²) in [5.41, 5.74) is 5.27. The van der Waals surface area contributed by atoms with Gasteiger partial charge < -0.3 is 9.47 Å². The van der Waals surface area contributed by atoms with Crippen molar-refractivity contribution < 1.29 is 23.9 Å². The van der Waals surface area contributed by atoms with Crippen LogP contribution >= 0.6 is 11.3 Å². The minimum absolute atomic E-state index is 0.0156. The molecule has 142 valence electrons. The number of fused-ring (bicyclic) bond motifs is 1. The van der Waals surface area contributed by atoms with Gasteiger partial charge in [-0.25, -0.2) is 0 Å². The van der Waals surface area contributed by atoms with E-state index in [9.17, 15) is 14.4 Å². The second-order valence-corrected chi connectivity index (χ2v) is 7.61. The molecule has 0 fully saturated rings. The standard InChI is InChI=1S/C19H20N2O5S/c1-11-9-13(12(2)27-11)14(22)7-8-18(23)20-21-19(24)17-10-25-15-5-3-4-6-16(15)26-17/h3-6,9,17H,7-8,10H2,1-2H3,(H,20,23)(H,21,24)/t17-/m0/s1. The van der Waals surface area contributed by atoms with Crippen LogP contribution < -0.4 is 20.3 Å². The number of hydrogen-bond acceptors (Lipinski definition) is 6. The molecule has 0 saturated heterocycles. The molecule has 0 saturated carbocycles. The van der Waals surface area contributed by atoms with Crippen LogP contribution in [0.2, 0.25) is 0 Å². The summed E-state index contributed by atoms with van der Waals surface area (Å²) in [6.07, 6.45) is -0.800. The van der Waals surface area contributed by atoms with Crippen LogP contribution in [0.15, 0.2) is 30.3 Å². The molecule has 0 radical (unpaired) electrons. The quantitative estimate of drug-likeness (QED) is 0.606. The number of thiophene rings is 1. The van der Waals surface area contributed by atoms with Crippen molar-refractivity contribution in [1.29, 1.82) is 0 Å². The topological polar surface area (TPSA) is 93.7 Å². The van der Waals surface area contributed by atoms with E-state index in [1.54, 1.807) is 29.5 Å². The third-order valence-corrected chi connectivity index (χ3v) is 5.01. The third-order valence-electron chi connectivity index (χ3n) is 4.05. The Labute approximate surface area is 160 Å². The van der Waals surface area contributed by atoms with Gasteiger partial charge in [0, 0.05) is 28.2 Å². The molecule has 0 bridgehead atoms. The van der Waals surface area contributed by atoms with E-state index in [-0.39, 0.29) is 25.2 Å². The molecular formula is C19H20N2O5S. The van der Waals surface area contributed by atoms with Crippen LogP contribution in [0.5, 0.6) is 11.5 Å². The zero-order chi connectivity index (χ0) is 19.4. The van der Waals surface area contributed by atoms with Gasteiger partial charge in [0.1, 0.15) is 6.61 Å². The van der Waals surface area contributed by atoms with Gasteiger partial charge in [0.2, 0.25) is 12.0 Å². The number of amides is 2. The fraction of sp³-hybridized carbons (Fsp3) is 0.316. The summed E-state index contributed by atoms with van der Waals surface area (Å²) >= 11 is 1.55. The zero-order valence-electron chi connectivity index (χ0n) is 15.0. The van der Waals surface area contributed by atoms with Crippen molar-refractivity contribution in [2.24, 2.45) is 0 Å². The van der Waals surface area contributed by atoms with E-state index in [0.29, 0.717) is 17.1 Å². The predicted molar refractivity (Wildman–Crippen MR) is 100.0 cm³/mol. The Morgan fingerprint density at radius 1 is 1.11 bits per heavy atom. The highest BCUT2D eigenvalue weighted by atomic mass is 32.1. The molecule has 2 heterocycles. The smallest absolute Gasteiger partial charge is 0.283 e. The Balaban J connectivity index is 1.43. The molecule has 1 aromatic carbocycles. The lowest BCUT2D eigenvalue weighted by molar-refractivity contribution is -0.135. The Morgan fingerprint density at radius 3 is 2.56 bits per heavy atom. The van der Waals surface area contributed by atoms with E-state index in [1.165, 1.54) is 0 Å². The van der Waals surface area contributed by atoms with Crippen molar-refractivity contribution in [1.82, 2.24) is 10.9 Å². The van der Waals surface area contributed by atoms with Crippen LogP contribution in [-0.2, 0) is 9.59 Å². The van der Waals surface area contributed by atoms with Crippen molar-refractivity contribution >= 4 is 28.9 Å². The molecule has 1 aliphatic rings. The molecule has 3 rings (SSSR count). The van der Waals surface area contributed by atoms with E-state index in [1.807, 2.05) is 26.0 Å². The molecule has 27 heavy (non-hydrogen) atoms. The number of ether oxygens (including phenoxy) is 2. The summed E-state index contributed by atoms with van der Waals surface area (Å²) in [7, 11) is 0. The van der Waals surface area contributed by atoms with Gasteiger partial charge in [0.15, 0.2) is 17.3 Å². The van der Waals surface area contributed by atoms with E-state index in [4.69, 9.17) is 9.47 Å². The van der Waals surface area contributed by atoms with Gasteiger partial charge in [-0.2, -0.15) is 0 Å². The number of benzene rings is 1. The predicted octanol–water partition coefficient (Wildman–Crippen LogP) is 2.32. The summed E-state index contributed by atoms with van der Waals surface area (Å²) in [5, 5.41) is 0. The number of rotatable bonds is 5. The van der Waals surface area contributed by atoms with Crippen molar-refractivity contribution in [2.75, 3.05) is 6.61 Å². The number of carbonyl (C=O) groups is 3. The summed E-state index contributed by atoms with van der Waals surface area (Å²) in [4.78, 5) is 38.2. The van der Waals surface area contributed by atoms with E-state index in [2.05, 4.69) is 10.9 Å². The molecule has 0 aliphatic carbocycles.